The molecule has 2 bridgehead atoms. The van der Waals surface area contributed by atoms with Crippen LogP contribution in [0.4, 0.5) is 0 Å². The Morgan fingerprint density at radius 2 is 2.12 bits per heavy atom. The zero-order valence-corrected chi connectivity index (χ0v) is 10.7. The summed E-state index contributed by atoms with van der Waals surface area (Å²) in [5.74, 6) is 1.74. The van der Waals surface area contributed by atoms with Gasteiger partial charge in [0.15, 0.2) is 0 Å². The van der Waals surface area contributed by atoms with E-state index in [-0.39, 0.29) is 11.9 Å². The fraction of sp³-hybridized carbons (Fsp3) is 0.929. The van der Waals surface area contributed by atoms with Gasteiger partial charge < -0.3 is 10.1 Å². The van der Waals surface area contributed by atoms with E-state index in [0.717, 1.165) is 19.0 Å². The maximum absolute atomic E-state index is 12.1. The van der Waals surface area contributed by atoms with E-state index in [1.807, 2.05) is 6.92 Å². The second-order valence-corrected chi connectivity index (χ2v) is 5.99. The fourth-order valence-corrected chi connectivity index (χ4v) is 4.70. The summed E-state index contributed by atoms with van der Waals surface area (Å²) in [5, 5.41) is 3.43. The van der Waals surface area contributed by atoms with E-state index in [0.29, 0.717) is 17.9 Å². The van der Waals surface area contributed by atoms with Crippen molar-refractivity contribution in [1.29, 1.82) is 0 Å². The van der Waals surface area contributed by atoms with Crippen molar-refractivity contribution >= 4 is 5.97 Å². The molecule has 1 N–H and O–H groups in total. The Hall–Kier alpha value is -0.570. The summed E-state index contributed by atoms with van der Waals surface area (Å²) >= 11 is 0. The van der Waals surface area contributed by atoms with Crippen molar-refractivity contribution in [3.8, 4) is 0 Å². The van der Waals surface area contributed by atoms with Gasteiger partial charge in [0.2, 0.25) is 0 Å². The Bertz CT molecular complexity index is 307. The predicted octanol–water partition coefficient (Wildman–Crippen LogP) is 1.97. The summed E-state index contributed by atoms with van der Waals surface area (Å²) < 4.78 is 5.29. The average molecular weight is 237 g/mol. The molecule has 3 saturated carbocycles. The first-order valence-electron chi connectivity index (χ1n) is 7.15. The topological polar surface area (TPSA) is 38.3 Å². The first-order valence-corrected chi connectivity index (χ1v) is 7.15. The number of nitrogens with one attached hydrogen (secondary N) is 1. The van der Waals surface area contributed by atoms with Crippen LogP contribution in [-0.4, -0.2) is 25.7 Å². The van der Waals surface area contributed by atoms with Gasteiger partial charge in [0.1, 0.15) is 0 Å². The normalized spacial score (nSPS) is 41.0. The summed E-state index contributed by atoms with van der Waals surface area (Å²) in [5.41, 5.74) is 0.332. The molecule has 1 aliphatic heterocycles. The highest BCUT2D eigenvalue weighted by molar-refractivity contribution is 5.76. The monoisotopic (exact) mass is 237 g/mol. The summed E-state index contributed by atoms with van der Waals surface area (Å²) in [4.78, 5) is 12.1. The molecule has 4 rings (SSSR count). The van der Waals surface area contributed by atoms with Gasteiger partial charge in [0.25, 0.3) is 0 Å². The highest BCUT2D eigenvalue weighted by Crippen LogP contribution is 2.68. The second kappa shape index (κ2) is 4.27. The van der Waals surface area contributed by atoms with E-state index >= 15 is 0 Å². The minimum absolute atomic E-state index is 0.0970. The predicted molar refractivity (Wildman–Crippen MR) is 65.5 cm³/mol. The van der Waals surface area contributed by atoms with E-state index in [4.69, 9.17) is 4.74 Å². The number of esters is 1. The number of fused-ring (bicyclic) bond motifs is 1. The summed E-state index contributed by atoms with van der Waals surface area (Å²) in [6.07, 6.45) is 6.33. The zero-order chi connectivity index (χ0) is 11.9. The van der Waals surface area contributed by atoms with Crippen LogP contribution in [0.15, 0.2) is 0 Å². The Balaban J connectivity index is 1.74. The lowest BCUT2D eigenvalue weighted by Gasteiger charge is -2.52. The van der Waals surface area contributed by atoms with E-state index in [1.54, 1.807) is 0 Å². The summed E-state index contributed by atoms with van der Waals surface area (Å²) in [6.45, 7) is 4.71. The van der Waals surface area contributed by atoms with Crippen LogP contribution in [0.25, 0.3) is 0 Å². The molecule has 3 aliphatic carbocycles. The molecular formula is C14H23NO2. The van der Waals surface area contributed by atoms with Crippen LogP contribution in [0.2, 0.25) is 0 Å². The van der Waals surface area contributed by atoms with Gasteiger partial charge in [-0.2, -0.15) is 0 Å². The molecule has 3 nitrogen and oxygen atoms in total. The highest BCUT2D eigenvalue weighted by Gasteiger charge is 2.65. The standard InChI is InChI=1S/C14H23NO2/c1-2-17-13(16)12-10-3-6-14(12,9-10)11-4-7-15-8-5-11/h10-12,15H,2-9H2,1H3. The number of ether oxygens (including phenoxy) is 1. The fourth-order valence-electron chi connectivity index (χ4n) is 4.70. The molecule has 3 unspecified atom stereocenters. The average Bonchev–Trinajstić information content (AvgIpc) is 2.89. The van der Waals surface area contributed by atoms with Crippen molar-refractivity contribution in [3.05, 3.63) is 0 Å². The smallest absolute Gasteiger partial charge is 0.309 e. The van der Waals surface area contributed by atoms with Gasteiger partial charge in [-0.05, 0) is 69.4 Å². The van der Waals surface area contributed by atoms with Gasteiger partial charge in [-0.25, -0.2) is 0 Å². The van der Waals surface area contributed by atoms with E-state index in [1.165, 1.54) is 32.1 Å². The van der Waals surface area contributed by atoms with Crippen LogP contribution in [0.1, 0.15) is 39.0 Å². The molecule has 1 heterocycles. The first-order chi connectivity index (χ1) is 8.28. The highest BCUT2D eigenvalue weighted by atomic mass is 16.5. The number of hydrogen-bond donors (Lipinski definition) is 1. The Morgan fingerprint density at radius 3 is 2.76 bits per heavy atom. The van der Waals surface area contributed by atoms with Crippen molar-refractivity contribution in [2.45, 2.75) is 39.0 Å². The SMILES string of the molecule is CCOC(=O)C1C2CCC1(C1CCNCC1)C2. The molecule has 3 atom stereocenters. The van der Waals surface area contributed by atoms with Crippen molar-refractivity contribution in [3.63, 3.8) is 0 Å². The van der Waals surface area contributed by atoms with Crippen molar-refractivity contribution in [1.82, 2.24) is 5.32 Å². The number of carbonyl (C=O) groups excluding carboxylic acids is 1. The first kappa shape index (κ1) is 11.5. The quantitative estimate of drug-likeness (QED) is 0.763. The third-order valence-electron chi connectivity index (χ3n) is 5.41. The minimum atomic E-state index is 0.0970. The number of carbonyl (C=O) groups is 1. The summed E-state index contributed by atoms with van der Waals surface area (Å²) in [7, 11) is 0. The van der Waals surface area contributed by atoms with Gasteiger partial charge in [0, 0.05) is 0 Å². The second-order valence-electron chi connectivity index (χ2n) is 5.99. The molecule has 4 fully saturated rings. The largest absolute Gasteiger partial charge is 0.466 e. The van der Waals surface area contributed by atoms with Crippen LogP contribution < -0.4 is 5.32 Å². The summed E-state index contributed by atoms with van der Waals surface area (Å²) in [6, 6.07) is 0. The molecule has 0 aromatic heterocycles. The maximum Gasteiger partial charge on any atom is 0.309 e. The minimum Gasteiger partial charge on any atom is -0.466 e. The maximum atomic E-state index is 12.1. The lowest BCUT2D eigenvalue weighted by molar-refractivity contribution is -0.167. The molecule has 0 radical (unpaired) electrons. The Labute approximate surface area is 103 Å². The molecule has 0 amide bonds. The lowest BCUT2D eigenvalue weighted by atomic mass is 9.53. The molecule has 17 heavy (non-hydrogen) atoms. The number of piperidine rings is 1. The number of hydrogen-bond acceptors (Lipinski definition) is 3. The molecule has 1 saturated heterocycles. The van der Waals surface area contributed by atoms with E-state index in [9.17, 15) is 4.79 Å². The molecule has 96 valence electrons. The van der Waals surface area contributed by atoms with Gasteiger partial charge in [-0.1, -0.05) is 0 Å². The van der Waals surface area contributed by atoms with Gasteiger partial charge in [-0.3, -0.25) is 4.79 Å². The zero-order valence-electron chi connectivity index (χ0n) is 10.7. The molecular weight excluding hydrogens is 214 g/mol. The van der Waals surface area contributed by atoms with E-state index < -0.39 is 0 Å². The Morgan fingerprint density at radius 1 is 1.35 bits per heavy atom. The molecule has 0 spiro atoms. The third kappa shape index (κ3) is 1.62. The van der Waals surface area contributed by atoms with E-state index in [2.05, 4.69) is 5.32 Å². The molecule has 3 heteroatoms. The van der Waals surface area contributed by atoms with Crippen LogP contribution in [0.5, 0.6) is 0 Å². The third-order valence-corrected chi connectivity index (χ3v) is 5.41. The Kier molecular flexibility index (Phi) is 2.89. The van der Waals surface area contributed by atoms with Crippen LogP contribution in [0, 0.1) is 23.2 Å². The van der Waals surface area contributed by atoms with Crippen molar-refractivity contribution < 1.29 is 9.53 Å². The van der Waals surface area contributed by atoms with Crippen LogP contribution >= 0.6 is 0 Å². The molecule has 4 aliphatic rings. The molecule has 0 aromatic carbocycles. The van der Waals surface area contributed by atoms with Crippen molar-refractivity contribution in [2.24, 2.45) is 23.2 Å². The van der Waals surface area contributed by atoms with Crippen LogP contribution in [0.3, 0.4) is 0 Å². The lowest BCUT2D eigenvalue weighted by Crippen LogP contribution is -2.52. The van der Waals surface area contributed by atoms with Gasteiger partial charge in [0.05, 0.1) is 12.5 Å². The van der Waals surface area contributed by atoms with Gasteiger partial charge >= 0.3 is 5.97 Å². The number of rotatable bonds is 3. The van der Waals surface area contributed by atoms with Crippen LogP contribution in [-0.2, 0) is 9.53 Å². The molecule has 0 aromatic rings. The van der Waals surface area contributed by atoms with Crippen molar-refractivity contribution in [2.75, 3.05) is 19.7 Å². The van der Waals surface area contributed by atoms with Gasteiger partial charge in [-0.15, -0.1) is 0 Å².